The second-order valence-corrected chi connectivity index (χ2v) is 2.91. The second kappa shape index (κ2) is 2.85. The first-order chi connectivity index (χ1) is 6.22. The molecule has 0 aliphatic carbocycles. The van der Waals surface area contributed by atoms with Crippen molar-refractivity contribution < 1.29 is 4.39 Å². The van der Waals surface area contributed by atoms with Crippen molar-refractivity contribution in [1.82, 2.24) is 14.8 Å². The molecule has 0 aliphatic heterocycles. The highest BCUT2D eigenvalue weighted by Gasteiger charge is 2.06. The average Bonchev–Trinajstić information content (AvgIpc) is 2.47. The Bertz CT molecular complexity index is 504. The minimum atomic E-state index is -0.792. The smallest absolute Gasteiger partial charge is 0.251 e. The Labute approximate surface area is 76.9 Å². The number of aromatic amines is 1. The van der Waals surface area contributed by atoms with Crippen LogP contribution >= 0.6 is 11.6 Å². The fourth-order valence-corrected chi connectivity index (χ4v) is 1.37. The number of fused-ring (bicyclic) bond motifs is 1. The molecule has 2 aromatic heterocycles. The average molecular weight is 202 g/mol. The van der Waals surface area contributed by atoms with Crippen molar-refractivity contribution in [2.24, 2.45) is 0 Å². The number of nitrogens with one attached hydrogen (secondary N) is 1. The van der Waals surface area contributed by atoms with E-state index in [2.05, 4.69) is 10.1 Å². The Kier molecular flexibility index (Phi) is 1.81. The standard InChI is InChI=1S/C7H5ClFN3O/c8-5-1-6(13)11-7-4(5)2-10-12(7)3-9/h1-2H,3H2,(H,11,13). The molecule has 0 fully saturated rings. The van der Waals surface area contributed by atoms with Gasteiger partial charge in [-0.1, -0.05) is 11.6 Å². The molecule has 0 saturated heterocycles. The molecular weight excluding hydrogens is 197 g/mol. The van der Waals surface area contributed by atoms with Crippen LogP contribution in [0.3, 0.4) is 0 Å². The van der Waals surface area contributed by atoms with Gasteiger partial charge < -0.3 is 4.98 Å². The summed E-state index contributed by atoms with van der Waals surface area (Å²) in [7, 11) is 0. The van der Waals surface area contributed by atoms with Crippen LogP contribution in [0.15, 0.2) is 17.1 Å². The summed E-state index contributed by atoms with van der Waals surface area (Å²) in [6.45, 7) is -0.792. The monoisotopic (exact) mass is 201 g/mol. The molecule has 13 heavy (non-hydrogen) atoms. The quantitative estimate of drug-likeness (QED) is 0.756. The summed E-state index contributed by atoms with van der Waals surface area (Å²) in [5, 5.41) is 4.52. The van der Waals surface area contributed by atoms with E-state index in [-0.39, 0.29) is 10.6 Å². The number of pyridine rings is 1. The van der Waals surface area contributed by atoms with E-state index in [0.717, 1.165) is 4.68 Å². The van der Waals surface area contributed by atoms with E-state index < -0.39 is 6.80 Å². The molecule has 1 N–H and O–H groups in total. The van der Waals surface area contributed by atoms with Gasteiger partial charge in [0.2, 0.25) is 0 Å². The predicted molar refractivity (Wildman–Crippen MR) is 46.5 cm³/mol. The molecular formula is C7H5ClFN3O. The van der Waals surface area contributed by atoms with Crippen molar-refractivity contribution in [3.05, 3.63) is 27.6 Å². The predicted octanol–water partition coefficient (Wildman–Crippen LogP) is 1.30. The van der Waals surface area contributed by atoms with Crippen molar-refractivity contribution in [1.29, 1.82) is 0 Å². The second-order valence-electron chi connectivity index (χ2n) is 2.51. The minimum Gasteiger partial charge on any atom is -0.307 e. The Morgan fingerprint density at radius 2 is 2.46 bits per heavy atom. The maximum atomic E-state index is 12.3. The maximum absolute atomic E-state index is 12.3. The summed E-state index contributed by atoms with van der Waals surface area (Å²) in [5.41, 5.74) is -0.0623. The summed E-state index contributed by atoms with van der Waals surface area (Å²) < 4.78 is 13.3. The Balaban J connectivity index is 2.90. The van der Waals surface area contributed by atoms with E-state index in [9.17, 15) is 9.18 Å². The molecule has 0 bridgehead atoms. The fourth-order valence-electron chi connectivity index (χ4n) is 1.13. The van der Waals surface area contributed by atoms with Crippen LogP contribution in [0, 0.1) is 0 Å². The van der Waals surface area contributed by atoms with Crippen LogP contribution in [-0.2, 0) is 6.80 Å². The molecule has 0 saturated carbocycles. The zero-order chi connectivity index (χ0) is 9.42. The lowest BCUT2D eigenvalue weighted by molar-refractivity contribution is 0.357. The largest absolute Gasteiger partial charge is 0.307 e. The van der Waals surface area contributed by atoms with Crippen molar-refractivity contribution in [2.75, 3.05) is 0 Å². The zero-order valence-electron chi connectivity index (χ0n) is 6.42. The number of nitrogens with zero attached hydrogens (tertiary/aromatic N) is 2. The molecule has 0 aliphatic rings. The van der Waals surface area contributed by atoms with E-state index in [0.29, 0.717) is 11.0 Å². The maximum Gasteiger partial charge on any atom is 0.251 e. The van der Waals surface area contributed by atoms with Gasteiger partial charge in [-0.2, -0.15) is 5.10 Å². The Morgan fingerprint density at radius 1 is 1.69 bits per heavy atom. The Morgan fingerprint density at radius 3 is 3.15 bits per heavy atom. The van der Waals surface area contributed by atoms with Gasteiger partial charge in [0.25, 0.3) is 5.56 Å². The first kappa shape index (κ1) is 8.25. The highest BCUT2D eigenvalue weighted by Crippen LogP contribution is 2.18. The lowest BCUT2D eigenvalue weighted by Crippen LogP contribution is -2.06. The van der Waals surface area contributed by atoms with Crippen LogP contribution in [0.1, 0.15) is 0 Å². The van der Waals surface area contributed by atoms with Crippen molar-refractivity contribution >= 4 is 22.6 Å². The van der Waals surface area contributed by atoms with Crippen LogP contribution in [0.4, 0.5) is 4.39 Å². The van der Waals surface area contributed by atoms with Crippen LogP contribution < -0.4 is 5.56 Å². The van der Waals surface area contributed by atoms with Gasteiger partial charge in [-0.3, -0.25) is 4.79 Å². The third-order valence-corrected chi connectivity index (χ3v) is 2.02. The molecule has 0 amide bonds. The number of hydrogen-bond acceptors (Lipinski definition) is 2. The van der Waals surface area contributed by atoms with Crippen LogP contribution in [0.2, 0.25) is 5.02 Å². The highest BCUT2D eigenvalue weighted by atomic mass is 35.5. The highest BCUT2D eigenvalue weighted by molar-refractivity contribution is 6.35. The van der Waals surface area contributed by atoms with Crippen LogP contribution in [0.25, 0.3) is 11.0 Å². The molecule has 0 spiro atoms. The number of H-pyrrole nitrogens is 1. The molecule has 4 nitrogen and oxygen atoms in total. The lowest BCUT2D eigenvalue weighted by Gasteiger charge is -1.95. The number of alkyl halides is 1. The molecule has 0 unspecified atom stereocenters. The van der Waals surface area contributed by atoms with Gasteiger partial charge in [0.05, 0.1) is 16.6 Å². The van der Waals surface area contributed by atoms with E-state index in [4.69, 9.17) is 11.6 Å². The topological polar surface area (TPSA) is 50.7 Å². The molecule has 2 rings (SSSR count). The summed E-state index contributed by atoms with van der Waals surface area (Å²) in [6.07, 6.45) is 1.41. The molecule has 2 aromatic rings. The number of hydrogen-bond donors (Lipinski definition) is 1. The van der Waals surface area contributed by atoms with Gasteiger partial charge in [-0.05, 0) is 0 Å². The van der Waals surface area contributed by atoms with Crippen LogP contribution in [-0.4, -0.2) is 14.8 Å². The molecule has 6 heteroatoms. The number of aromatic nitrogens is 3. The van der Waals surface area contributed by atoms with E-state index in [1.165, 1.54) is 12.3 Å². The van der Waals surface area contributed by atoms with Gasteiger partial charge in [-0.15, -0.1) is 0 Å². The molecule has 0 atom stereocenters. The van der Waals surface area contributed by atoms with Gasteiger partial charge in [0.15, 0.2) is 6.80 Å². The first-order valence-electron chi connectivity index (χ1n) is 3.52. The Hall–Kier alpha value is -1.36. The molecule has 0 aromatic carbocycles. The lowest BCUT2D eigenvalue weighted by atomic mass is 10.3. The third kappa shape index (κ3) is 1.21. The van der Waals surface area contributed by atoms with Gasteiger partial charge in [-0.25, -0.2) is 9.07 Å². The summed E-state index contributed by atoms with van der Waals surface area (Å²) in [5.74, 6) is 0. The van der Waals surface area contributed by atoms with E-state index >= 15 is 0 Å². The summed E-state index contributed by atoms with van der Waals surface area (Å²) >= 11 is 5.74. The SMILES string of the molecule is O=c1cc(Cl)c2cnn(CF)c2[nH]1. The molecule has 68 valence electrons. The van der Waals surface area contributed by atoms with Crippen molar-refractivity contribution in [2.45, 2.75) is 6.80 Å². The van der Waals surface area contributed by atoms with E-state index in [1.54, 1.807) is 0 Å². The van der Waals surface area contributed by atoms with Crippen LogP contribution in [0.5, 0.6) is 0 Å². The van der Waals surface area contributed by atoms with E-state index in [1.807, 2.05) is 0 Å². The fraction of sp³-hybridized carbons (Fsp3) is 0.143. The van der Waals surface area contributed by atoms with Gasteiger partial charge in [0.1, 0.15) is 5.65 Å². The minimum absolute atomic E-state index is 0.276. The molecule has 0 radical (unpaired) electrons. The van der Waals surface area contributed by atoms with Crippen molar-refractivity contribution in [3.8, 4) is 0 Å². The normalized spacial score (nSPS) is 10.9. The first-order valence-corrected chi connectivity index (χ1v) is 3.90. The zero-order valence-corrected chi connectivity index (χ0v) is 7.18. The van der Waals surface area contributed by atoms with Gasteiger partial charge >= 0.3 is 0 Å². The summed E-state index contributed by atoms with van der Waals surface area (Å²) in [4.78, 5) is 13.4. The summed E-state index contributed by atoms with van der Waals surface area (Å²) in [6, 6.07) is 1.23. The number of rotatable bonds is 1. The molecule has 2 heterocycles. The van der Waals surface area contributed by atoms with Gasteiger partial charge in [0, 0.05) is 6.07 Å². The third-order valence-electron chi connectivity index (χ3n) is 1.71. The number of halogens is 2. The van der Waals surface area contributed by atoms with Crippen molar-refractivity contribution in [3.63, 3.8) is 0 Å².